The van der Waals surface area contributed by atoms with Gasteiger partial charge in [0.25, 0.3) is 0 Å². The van der Waals surface area contributed by atoms with E-state index in [1.165, 1.54) is 6.07 Å². The fourth-order valence-corrected chi connectivity index (χ4v) is 4.60. The molecule has 0 spiro atoms. The van der Waals surface area contributed by atoms with Gasteiger partial charge in [0, 0.05) is 22.4 Å². The van der Waals surface area contributed by atoms with Crippen LogP contribution in [0.5, 0.6) is 0 Å². The molecule has 0 amide bonds. The lowest BCUT2D eigenvalue weighted by Gasteiger charge is -2.21. The molecular weight excluding hydrogens is 363 g/mol. The zero-order valence-electron chi connectivity index (χ0n) is 15.3. The van der Waals surface area contributed by atoms with Crippen molar-refractivity contribution in [3.63, 3.8) is 0 Å². The highest BCUT2D eigenvalue weighted by Gasteiger charge is 2.38. The number of aliphatic hydroxyl groups excluding tert-OH is 1. The van der Waals surface area contributed by atoms with Crippen molar-refractivity contribution in [2.24, 2.45) is 11.8 Å². The van der Waals surface area contributed by atoms with Crippen molar-refractivity contribution in [1.82, 2.24) is 0 Å². The fourth-order valence-electron chi connectivity index (χ4n) is 4.44. The van der Waals surface area contributed by atoms with E-state index >= 15 is 0 Å². The van der Waals surface area contributed by atoms with Gasteiger partial charge in [-0.3, -0.25) is 4.79 Å². The van der Waals surface area contributed by atoms with Gasteiger partial charge in [0.1, 0.15) is 11.6 Å². The molecule has 2 bridgehead atoms. The van der Waals surface area contributed by atoms with Gasteiger partial charge in [-0.1, -0.05) is 30.7 Å². The number of carbonyl (C=O) groups is 1. The molecule has 0 heterocycles. The molecule has 3 aliphatic carbocycles. The molecule has 3 aliphatic rings. The molecule has 140 valence electrons. The number of hydrogen-bond donors (Lipinski definition) is 1. The lowest BCUT2D eigenvalue weighted by molar-refractivity contribution is -0.117. The van der Waals surface area contributed by atoms with Crippen molar-refractivity contribution in [3.05, 3.63) is 64.1 Å². The van der Waals surface area contributed by atoms with E-state index in [-0.39, 0.29) is 23.4 Å². The van der Waals surface area contributed by atoms with Gasteiger partial charge in [0.15, 0.2) is 5.78 Å². The highest BCUT2D eigenvalue weighted by molar-refractivity contribution is 6.30. The molecule has 0 aromatic heterocycles. The predicted octanol–water partition coefficient (Wildman–Crippen LogP) is 6.37. The Hall–Kier alpha value is -2.13. The first kappa shape index (κ1) is 18.2. The van der Waals surface area contributed by atoms with Crippen molar-refractivity contribution in [1.29, 1.82) is 0 Å². The van der Waals surface area contributed by atoms with Gasteiger partial charge < -0.3 is 5.11 Å². The Morgan fingerprint density at radius 2 is 1.74 bits per heavy atom. The maximum absolute atomic E-state index is 14.4. The van der Waals surface area contributed by atoms with E-state index in [0.29, 0.717) is 21.7 Å². The normalized spacial score (nSPS) is 22.3. The first-order valence-corrected chi connectivity index (χ1v) is 9.93. The second-order valence-corrected chi connectivity index (χ2v) is 7.96. The second-order valence-electron chi connectivity index (χ2n) is 7.52. The summed E-state index contributed by atoms with van der Waals surface area (Å²) in [5.41, 5.74) is 3.30. The number of rotatable bonds is 3. The topological polar surface area (TPSA) is 37.3 Å². The number of Topliss-reactive ketones (excluding diaryl/α,β-unsaturated/α-hetero) is 1. The average molecular weight is 385 g/mol. The summed E-state index contributed by atoms with van der Waals surface area (Å²) in [6, 6.07) is 10.2. The number of fused-ring (bicyclic) bond motifs is 3. The second kappa shape index (κ2) is 7.12. The third kappa shape index (κ3) is 3.19. The Balaban J connectivity index is 1.89. The molecule has 1 saturated carbocycles. The third-order valence-electron chi connectivity index (χ3n) is 5.99. The zero-order valence-corrected chi connectivity index (χ0v) is 16.0. The minimum absolute atomic E-state index is 0.0125. The van der Waals surface area contributed by atoms with E-state index in [9.17, 15) is 14.3 Å². The first-order valence-electron chi connectivity index (χ1n) is 9.55. The molecule has 5 rings (SSSR count). The van der Waals surface area contributed by atoms with E-state index in [1.54, 1.807) is 12.1 Å². The summed E-state index contributed by atoms with van der Waals surface area (Å²) in [5, 5.41) is 11.2. The van der Waals surface area contributed by atoms with Crippen molar-refractivity contribution in [2.45, 2.75) is 39.0 Å². The van der Waals surface area contributed by atoms with Gasteiger partial charge >= 0.3 is 0 Å². The number of allylic oxidation sites excluding steroid dienone is 2. The SMILES string of the molecule is CCc1ccc(-c2ccc(Cl)cc2F)cc1C1=C(O)[C@H]2CC[C@H](CC2)C1=O. The highest BCUT2D eigenvalue weighted by Crippen LogP contribution is 2.44. The lowest BCUT2D eigenvalue weighted by Crippen LogP contribution is -2.17. The molecule has 0 unspecified atom stereocenters. The minimum Gasteiger partial charge on any atom is -0.511 e. The Bertz CT molecular complexity index is 939. The zero-order chi connectivity index (χ0) is 19.1. The molecule has 1 fully saturated rings. The van der Waals surface area contributed by atoms with E-state index in [2.05, 4.69) is 0 Å². The molecule has 27 heavy (non-hydrogen) atoms. The van der Waals surface area contributed by atoms with Crippen LogP contribution in [0.25, 0.3) is 16.7 Å². The summed E-state index contributed by atoms with van der Waals surface area (Å²) in [6.07, 6.45) is 4.13. The maximum Gasteiger partial charge on any atom is 0.169 e. The molecule has 0 atom stereocenters. The van der Waals surface area contributed by atoms with Crippen LogP contribution in [-0.2, 0) is 11.2 Å². The summed E-state index contributed by atoms with van der Waals surface area (Å²) < 4.78 is 14.4. The first-order chi connectivity index (χ1) is 13.0. The third-order valence-corrected chi connectivity index (χ3v) is 6.22. The molecular formula is C23H22ClFO2. The lowest BCUT2D eigenvalue weighted by atomic mass is 9.82. The van der Waals surface area contributed by atoms with Crippen LogP contribution in [0.15, 0.2) is 42.2 Å². The van der Waals surface area contributed by atoms with E-state index < -0.39 is 5.82 Å². The van der Waals surface area contributed by atoms with Gasteiger partial charge in [-0.25, -0.2) is 4.39 Å². The fraction of sp³-hybridized carbons (Fsp3) is 0.348. The standard InChI is InChI=1S/C23H22ClFO2/c1-2-13-3-8-16(18-10-9-17(24)12-20(18)25)11-19(13)21-22(26)14-4-5-15(7-6-14)23(21)27/h3,8-12,14-15,26H,2,4-7H2,1H3/t14-,15+. The van der Waals surface area contributed by atoms with Crippen molar-refractivity contribution < 1.29 is 14.3 Å². The highest BCUT2D eigenvalue weighted by atomic mass is 35.5. The summed E-state index contributed by atoms with van der Waals surface area (Å²) in [4.78, 5) is 13.1. The number of aryl methyl sites for hydroxylation is 1. The number of benzene rings is 2. The largest absolute Gasteiger partial charge is 0.511 e. The number of halogens is 2. The van der Waals surface area contributed by atoms with Gasteiger partial charge in [0.2, 0.25) is 0 Å². The molecule has 0 saturated heterocycles. The van der Waals surface area contributed by atoms with Crippen LogP contribution in [-0.4, -0.2) is 10.9 Å². The number of ketones is 1. The van der Waals surface area contributed by atoms with Gasteiger partial charge in [0.05, 0.1) is 5.57 Å². The Labute approximate surface area is 163 Å². The number of hydrogen-bond acceptors (Lipinski definition) is 2. The van der Waals surface area contributed by atoms with E-state index in [4.69, 9.17) is 11.6 Å². The van der Waals surface area contributed by atoms with Crippen LogP contribution in [0.3, 0.4) is 0 Å². The smallest absolute Gasteiger partial charge is 0.169 e. The average Bonchev–Trinajstić information content (AvgIpc) is 2.86. The summed E-state index contributed by atoms with van der Waals surface area (Å²) in [7, 11) is 0. The molecule has 2 aromatic rings. The van der Waals surface area contributed by atoms with Gasteiger partial charge in [-0.05, 0) is 73.1 Å². The van der Waals surface area contributed by atoms with Crippen LogP contribution in [0, 0.1) is 17.7 Å². The molecule has 0 radical (unpaired) electrons. The minimum atomic E-state index is -0.400. The summed E-state index contributed by atoms with van der Waals surface area (Å²) >= 11 is 5.88. The Morgan fingerprint density at radius 3 is 2.41 bits per heavy atom. The van der Waals surface area contributed by atoms with Gasteiger partial charge in [-0.2, -0.15) is 0 Å². The Kier molecular flexibility index (Phi) is 4.81. The molecule has 2 nitrogen and oxygen atoms in total. The molecule has 2 aromatic carbocycles. The van der Waals surface area contributed by atoms with Gasteiger partial charge in [-0.15, -0.1) is 0 Å². The van der Waals surface area contributed by atoms with Crippen molar-refractivity contribution in [2.75, 3.05) is 0 Å². The van der Waals surface area contributed by atoms with Crippen LogP contribution in [0.1, 0.15) is 43.7 Å². The van der Waals surface area contributed by atoms with E-state index in [1.807, 2.05) is 25.1 Å². The number of carbonyl (C=O) groups excluding carboxylic acids is 1. The quantitative estimate of drug-likeness (QED) is 0.667. The van der Waals surface area contributed by atoms with Crippen LogP contribution >= 0.6 is 11.6 Å². The molecule has 4 heteroatoms. The van der Waals surface area contributed by atoms with Crippen molar-refractivity contribution in [3.8, 4) is 11.1 Å². The maximum atomic E-state index is 14.4. The predicted molar refractivity (Wildman–Crippen MR) is 106 cm³/mol. The van der Waals surface area contributed by atoms with E-state index in [0.717, 1.165) is 43.2 Å². The molecule has 1 N–H and O–H groups in total. The monoisotopic (exact) mass is 384 g/mol. The van der Waals surface area contributed by atoms with Crippen molar-refractivity contribution >= 4 is 23.0 Å². The van der Waals surface area contributed by atoms with Crippen LogP contribution < -0.4 is 0 Å². The molecule has 0 aliphatic heterocycles. The van der Waals surface area contributed by atoms with Crippen LogP contribution in [0.4, 0.5) is 4.39 Å². The Morgan fingerprint density at radius 1 is 1.04 bits per heavy atom. The summed E-state index contributed by atoms with van der Waals surface area (Å²) in [5.74, 6) is -0.0904. The number of aliphatic hydroxyl groups is 1. The summed E-state index contributed by atoms with van der Waals surface area (Å²) in [6.45, 7) is 2.02. The van der Waals surface area contributed by atoms with Crippen LogP contribution in [0.2, 0.25) is 5.02 Å².